The van der Waals surface area contributed by atoms with Crippen molar-refractivity contribution in [3.8, 4) is 5.75 Å². The molecule has 8 heteroatoms. The lowest BCUT2D eigenvalue weighted by molar-refractivity contribution is -0.118. The monoisotopic (exact) mass is 362 g/mol. The molecular weight excluding hydrogens is 343 g/mol. The maximum atomic E-state index is 12.8. The Bertz CT molecular complexity index is 800. The zero-order chi connectivity index (χ0) is 18.4. The van der Waals surface area contributed by atoms with Crippen LogP contribution in [0.3, 0.4) is 0 Å². The summed E-state index contributed by atoms with van der Waals surface area (Å²) in [6.07, 6.45) is 1.21. The van der Waals surface area contributed by atoms with Crippen molar-refractivity contribution in [2.45, 2.75) is 6.54 Å². The van der Waals surface area contributed by atoms with Gasteiger partial charge in [0, 0.05) is 24.8 Å². The summed E-state index contributed by atoms with van der Waals surface area (Å²) in [6.45, 7) is 3.05. The van der Waals surface area contributed by atoms with Gasteiger partial charge in [0.15, 0.2) is 6.61 Å². The Kier molecular flexibility index (Phi) is 5.98. The van der Waals surface area contributed by atoms with Crippen molar-refractivity contribution in [2.75, 3.05) is 38.2 Å². The largest absolute Gasteiger partial charge is 0.477 e. The van der Waals surface area contributed by atoms with Crippen molar-refractivity contribution in [1.29, 1.82) is 0 Å². The summed E-state index contributed by atoms with van der Waals surface area (Å²) in [5, 5.41) is 2.54. The summed E-state index contributed by atoms with van der Waals surface area (Å²) >= 11 is 0. The molecule has 0 aliphatic carbocycles. The number of carbonyl (C=O) groups excluding carboxylic acids is 1. The third kappa shape index (κ3) is 5.14. The number of rotatable bonds is 6. The van der Waals surface area contributed by atoms with Crippen LogP contribution in [0, 0.1) is 5.82 Å². The molecule has 7 nitrogen and oxygen atoms in total. The Morgan fingerprint density at radius 2 is 1.96 bits per heavy atom. The van der Waals surface area contributed by atoms with Gasteiger partial charge in [-0.15, -0.1) is 0 Å². The second-order valence-electron chi connectivity index (χ2n) is 5.81. The number of amides is 1. The summed E-state index contributed by atoms with van der Waals surface area (Å²) in [5.74, 6) is -0.368. The standard InChI is InChI=1S/C18H19FN2O5/c19-13-1-3-14(4-2-13)20-18(23)12-26-17-11-25-15(9-16(17)22)10-21-5-7-24-8-6-21/h1-4,9,11H,5-8,10,12H2,(H,20,23). The maximum Gasteiger partial charge on any atom is 0.262 e. The van der Waals surface area contributed by atoms with Crippen molar-refractivity contribution in [1.82, 2.24) is 4.90 Å². The van der Waals surface area contributed by atoms with Gasteiger partial charge in [-0.1, -0.05) is 0 Å². The van der Waals surface area contributed by atoms with Crippen molar-refractivity contribution < 1.29 is 23.1 Å². The van der Waals surface area contributed by atoms with E-state index in [2.05, 4.69) is 10.2 Å². The Morgan fingerprint density at radius 1 is 1.23 bits per heavy atom. The van der Waals surface area contributed by atoms with Gasteiger partial charge in [0.25, 0.3) is 5.91 Å². The van der Waals surface area contributed by atoms with E-state index in [-0.39, 0.29) is 17.8 Å². The van der Waals surface area contributed by atoms with E-state index in [1.807, 2.05) is 0 Å². The zero-order valence-corrected chi connectivity index (χ0v) is 14.1. The van der Waals surface area contributed by atoms with Gasteiger partial charge in [-0.3, -0.25) is 14.5 Å². The number of ether oxygens (including phenoxy) is 2. The average molecular weight is 362 g/mol. The molecule has 1 N–H and O–H groups in total. The molecule has 0 radical (unpaired) electrons. The Labute approximate surface area is 149 Å². The van der Waals surface area contributed by atoms with Gasteiger partial charge in [0.2, 0.25) is 11.2 Å². The van der Waals surface area contributed by atoms with Gasteiger partial charge in [0.05, 0.1) is 19.8 Å². The number of halogens is 1. The first-order valence-corrected chi connectivity index (χ1v) is 8.20. The average Bonchev–Trinajstić information content (AvgIpc) is 2.64. The minimum atomic E-state index is -0.464. The lowest BCUT2D eigenvalue weighted by Gasteiger charge is -2.25. The topological polar surface area (TPSA) is 81.0 Å². The summed E-state index contributed by atoms with van der Waals surface area (Å²) in [5.41, 5.74) is 0.0852. The normalized spacial score (nSPS) is 14.8. The van der Waals surface area contributed by atoms with Crippen molar-refractivity contribution >= 4 is 11.6 Å². The van der Waals surface area contributed by atoms with E-state index in [0.29, 0.717) is 31.2 Å². The smallest absolute Gasteiger partial charge is 0.262 e. The number of nitrogens with one attached hydrogen (secondary N) is 1. The Hall–Kier alpha value is -2.71. The third-order valence-electron chi connectivity index (χ3n) is 3.82. The summed E-state index contributed by atoms with van der Waals surface area (Å²) in [7, 11) is 0. The number of hydrogen-bond acceptors (Lipinski definition) is 6. The molecule has 26 heavy (non-hydrogen) atoms. The number of carbonyl (C=O) groups is 1. The van der Waals surface area contributed by atoms with E-state index in [4.69, 9.17) is 13.9 Å². The highest BCUT2D eigenvalue weighted by molar-refractivity contribution is 5.91. The van der Waals surface area contributed by atoms with Crippen molar-refractivity contribution in [3.63, 3.8) is 0 Å². The predicted molar refractivity (Wildman–Crippen MR) is 91.6 cm³/mol. The number of hydrogen-bond donors (Lipinski definition) is 1. The van der Waals surface area contributed by atoms with Crippen LogP contribution in [0.1, 0.15) is 5.76 Å². The molecule has 0 spiro atoms. The molecule has 138 valence electrons. The van der Waals surface area contributed by atoms with Crippen LogP contribution in [0.5, 0.6) is 5.75 Å². The molecular formula is C18H19FN2O5. The van der Waals surface area contributed by atoms with E-state index in [9.17, 15) is 14.0 Å². The van der Waals surface area contributed by atoms with Crippen molar-refractivity contribution in [3.05, 3.63) is 58.4 Å². The number of anilines is 1. The molecule has 0 unspecified atom stereocenters. The van der Waals surface area contributed by atoms with Crippen LogP contribution in [-0.4, -0.2) is 43.7 Å². The minimum absolute atomic E-state index is 0.0371. The Balaban J connectivity index is 1.52. The molecule has 1 saturated heterocycles. The van der Waals surface area contributed by atoms with Gasteiger partial charge in [-0.25, -0.2) is 4.39 Å². The van der Waals surface area contributed by atoms with Gasteiger partial charge in [0.1, 0.15) is 17.8 Å². The molecule has 3 rings (SSSR count). The maximum absolute atomic E-state index is 12.8. The number of morpholine rings is 1. The fraction of sp³-hybridized carbons (Fsp3) is 0.333. The highest BCUT2D eigenvalue weighted by Crippen LogP contribution is 2.11. The first-order chi connectivity index (χ1) is 12.6. The molecule has 0 bridgehead atoms. The summed E-state index contributed by atoms with van der Waals surface area (Å²) < 4.78 is 28.7. The third-order valence-corrected chi connectivity index (χ3v) is 3.82. The van der Waals surface area contributed by atoms with Crippen LogP contribution in [0.2, 0.25) is 0 Å². The van der Waals surface area contributed by atoms with Crippen LogP contribution in [-0.2, 0) is 16.1 Å². The molecule has 1 aromatic heterocycles. The summed E-state index contributed by atoms with van der Waals surface area (Å²) in [4.78, 5) is 26.0. The molecule has 0 atom stereocenters. The van der Waals surface area contributed by atoms with Crippen LogP contribution in [0.25, 0.3) is 0 Å². The minimum Gasteiger partial charge on any atom is -0.477 e. The molecule has 2 heterocycles. The van der Waals surface area contributed by atoms with Gasteiger partial charge in [-0.2, -0.15) is 0 Å². The second-order valence-corrected chi connectivity index (χ2v) is 5.81. The Morgan fingerprint density at radius 3 is 2.65 bits per heavy atom. The number of benzene rings is 1. The quantitative estimate of drug-likeness (QED) is 0.841. The van der Waals surface area contributed by atoms with Crippen molar-refractivity contribution in [2.24, 2.45) is 0 Å². The first-order valence-electron chi connectivity index (χ1n) is 8.20. The van der Waals surface area contributed by atoms with E-state index >= 15 is 0 Å². The van der Waals surface area contributed by atoms with Crippen LogP contribution in [0.15, 0.2) is 45.8 Å². The molecule has 1 aliphatic rings. The molecule has 0 saturated carbocycles. The molecule has 1 aromatic carbocycles. The summed E-state index contributed by atoms with van der Waals surface area (Å²) in [6, 6.07) is 6.70. The number of nitrogens with zero attached hydrogens (tertiary/aromatic N) is 1. The lowest BCUT2D eigenvalue weighted by Crippen LogP contribution is -2.35. The zero-order valence-electron chi connectivity index (χ0n) is 14.1. The first kappa shape index (κ1) is 18.1. The van der Waals surface area contributed by atoms with E-state index in [0.717, 1.165) is 13.1 Å². The van der Waals surface area contributed by atoms with Crippen LogP contribution < -0.4 is 15.5 Å². The highest BCUT2D eigenvalue weighted by Gasteiger charge is 2.14. The van der Waals surface area contributed by atoms with Crippen LogP contribution >= 0.6 is 0 Å². The molecule has 1 amide bonds. The van der Waals surface area contributed by atoms with E-state index < -0.39 is 11.7 Å². The second kappa shape index (κ2) is 8.59. The van der Waals surface area contributed by atoms with Gasteiger partial charge < -0.3 is 19.2 Å². The van der Waals surface area contributed by atoms with Crippen LogP contribution in [0.4, 0.5) is 10.1 Å². The van der Waals surface area contributed by atoms with Gasteiger partial charge in [-0.05, 0) is 24.3 Å². The van der Waals surface area contributed by atoms with E-state index in [1.165, 1.54) is 36.6 Å². The molecule has 1 aliphatic heterocycles. The fourth-order valence-electron chi connectivity index (χ4n) is 2.48. The van der Waals surface area contributed by atoms with Gasteiger partial charge >= 0.3 is 0 Å². The lowest BCUT2D eigenvalue weighted by atomic mass is 10.3. The molecule has 1 fully saturated rings. The molecule has 2 aromatic rings. The predicted octanol–water partition coefficient (Wildman–Crippen LogP) is 1.63. The fourth-order valence-corrected chi connectivity index (χ4v) is 2.48. The van der Waals surface area contributed by atoms with E-state index in [1.54, 1.807) is 0 Å². The highest BCUT2D eigenvalue weighted by atomic mass is 19.1. The SMILES string of the molecule is O=C(COc1coc(CN2CCOCC2)cc1=O)Nc1ccc(F)cc1.